The molecule has 4 rings (SSSR count). The molecule has 0 spiro atoms. The van der Waals surface area contributed by atoms with Crippen LogP contribution in [0.4, 0.5) is 4.39 Å². The van der Waals surface area contributed by atoms with E-state index >= 15 is 0 Å². The highest BCUT2D eigenvalue weighted by Gasteiger charge is 2.26. The standard InChI is InChI=1S/C17H14FN/c1-2-12-14-8-5-9-15(18)17(14)19-10-11-6-3-4-7-13(11)16(12)19/h3-9H,2,10H2,1H3. The summed E-state index contributed by atoms with van der Waals surface area (Å²) in [5.74, 6) is -0.119. The van der Waals surface area contributed by atoms with E-state index in [0.29, 0.717) is 0 Å². The van der Waals surface area contributed by atoms with Gasteiger partial charge >= 0.3 is 0 Å². The van der Waals surface area contributed by atoms with E-state index in [1.54, 1.807) is 12.1 Å². The van der Waals surface area contributed by atoms with Gasteiger partial charge in [0, 0.05) is 17.5 Å². The Morgan fingerprint density at radius 1 is 1.11 bits per heavy atom. The molecule has 0 N–H and O–H groups in total. The summed E-state index contributed by atoms with van der Waals surface area (Å²) in [4.78, 5) is 0. The first-order chi connectivity index (χ1) is 9.31. The molecule has 0 bridgehead atoms. The van der Waals surface area contributed by atoms with Gasteiger partial charge in [0.2, 0.25) is 0 Å². The molecule has 0 fully saturated rings. The van der Waals surface area contributed by atoms with Crippen molar-refractivity contribution in [1.82, 2.24) is 4.57 Å². The molecule has 3 aromatic rings. The first kappa shape index (κ1) is 10.8. The number of rotatable bonds is 1. The molecular formula is C17H14FN. The predicted octanol–water partition coefficient (Wildman–Crippen LogP) is 4.37. The summed E-state index contributed by atoms with van der Waals surface area (Å²) in [6.45, 7) is 2.92. The maximum atomic E-state index is 14.2. The molecule has 1 aliphatic rings. The third-order valence-electron chi connectivity index (χ3n) is 4.09. The maximum Gasteiger partial charge on any atom is 0.147 e. The third kappa shape index (κ3) is 1.29. The summed E-state index contributed by atoms with van der Waals surface area (Å²) >= 11 is 0. The van der Waals surface area contributed by atoms with Crippen LogP contribution in [0.15, 0.2) is 42.5 Å². The fraction of sp³-hybridized carbons (Fsp3) is 0.176. The SMILES string of the molecule is CCc1c2n(c3c(F)cccc13)Cc1ccccc1-2. The van der Waals surface area contributed by atoms with E-state index in [-0.39, 0.29) is 5.82 Å². The number of para-hydroxylation sites is 1. The molecule has 2 aromatic carbocycles. The predicted molar refractivity (Wildman–Crippen MR) is 75.8 cm³/mol. The summed E-state index contributed by atoms with van der Waals surface area (Å²) in [6.07, 6.45) is 0.927. The zero-order valence-electron chi connectivity index (χ0n) is 10.8. The monoisotopic (exact) mass is 251 g/mol. The molecule has 1 nitrogen and oxygen atoms in total. The van der Waals surface area contributed by atoms with Crippen LogP contribution in [0.3, 0.4) is 0 Å². The molecule has 0 radical (unpaired) electrons. The molecule has 94 valence electrons. The van der Waals surface area contributed by atoms with Crippen LogP contribution in [0.1, 0.15) is 18.1 Å². The Hall–Kier alpha value is -2.09. The number of hydrogen-bond acceptors (Lipinski definition) is 0. The minimum atomic E-state index is -0.119. The number of aromatic nitrogens is 1. The molecule has 0 amide bonds. The van der Waals surface area contributed by atoms with Gasteiger partial charge in [0.25, 0.3) is 0 Å². The van der Waals surface area contributed by atoms with Gasteiger partial charge < -0.3 is 4.57 Å². The van der Waals surface area contributed by atoms with Crippen molar-refractivity contribution < 1.29 is 4.39 Å². The smallest absolute Gasteiger partial charge is 0.147 e. The summed E-state index contributed by atoms with van der Waals surface area (Å²) in [5, 5.41) is 1.06. The maximum absolute atomic E-state index is 14.2. The minimum absolute atomic E-state index is 0.119. The van der Waals surface area contributed by atoms with Crippen LogP contribution in [0.5, 0.6) is 0 Å². The molecule has 1 aromatic heterocycles. The Bertz CT molecular complexity index is 798. The van der Waals surface area contributed by atoms with Crippen LogP contribution < -0.4 is 0 Å². The molecule has 2 heteroatoms. The normalized spacial score (nSPS) is 12.7. The number of nitrogens with zero attached hydrogens (tertiary/aromatic N) is 1. The number of aryl methyl sites for hydroxylation is 1. The van der Waals surface area contributed by atoms with Gasteiger partial charge in [-0.05, 0) is 23.6 Å². The van der Waals surface area contributed by atoms with Crippen LogP contribution in [0.2, 0.25) is 0 Å². The average Bonchev–Trinajstić information content (AvgIpc) is 2.93. The largest absolute Gasteiger partial charge is 0.333 e. The first-order valence-corrected chi connectivity index (χ1v) is 6.69. The highest BCUT2D eigenvalue weighted by Crippen LogP contribution is 2.41. The van der Waals surface area contributed by atoms with Gasteiger partial charge in [0.1, 0.15) is 5.82 Å². The Labute approximate surface area is 111 Å². The van der Waals surface area contributed by atoms with Gasteiger partial charge in [-0.15, -0.1) is 0 Å². The van der Waals surface area contributed by atoms with Crippen LogP contribution in [-0.4, -0.2) is 4.57 Å². The minimum Gasteiger partial charge on any atom is -0.333 e. The quantitative estimate of drug-likeness (QED) is 0.473. The second kappa shape index (κ2) is 3.70. The van der Waals surface area contributed by atoms with Crippen molar-refractivity contribution in [2.45, 2.75) is 19.9 Å². The second-order valence-electron chi connectivity index (χ2n) is 5.06. The molecule has 0 atom stereocenters. The third-order valence-corrected chi connectivity index (χ3v) is 4.09. The fourth-order valence-corrected chi connectivity index (χ4v) is 3.32. The van der Waals surface area contributed by atoms with Gasteiger partial charge in [0.15, 0.2) is 0 Å². The van der Waals surface area contributed by atoms with Crippen LogP contribution in [0.25, 0.3) is 22.2 Å². The lowest BCUT2D eigenvalue weighted by Gasteiger charge is -2.02. The van der Waals surface area contributed by atoms with E-state index in [4.69, 9.17) is 0 Å². The molecule has 0 aliphatic carbocycles. The van der Waals surface area contributed by atoms with Crippen molar-refractivity contribution in [3.05, 3.63) is 59.4 Å². The molecule has 0 unspecified atom stereocenters. The molecule has 0 saturated carbocycles. The lowest BCUT2D eigenvalue weighted by molar-refractivity contribution is 0.630. The first-order valence-electron chi connectivity index (χ1n) is 6.69. The van der Waals surface area contributed by atoms with E-state index in [1.807, 2.05) is 6.07 Å². The zero-order chi connectivity index (χ0) is 13.0. The molecule has 2 heterocycles. The van der Waals surface area contributed by atoms with Crippen molar-refractivity contribution >= 4 is 10.9 Å². The van der Waals surface area contributed by atoms with Gasteiger partial charge in [-0.1, -0.05) is 43.3 Å². The number of fused-ring (bicyclic) bond motifs is 5. The lowest BCUT2D eigenvalue weighted by atomic mass is 10.0. The summed E-state index contributed by atoms with van der Waals surface area (Å²) < 4.78 is 16.3. The van der Waals surface area contributed by atoms with Gasteiger partial charge in [0.05, 0.1) is 11.2 Å². The Morgan fingerprint density at radius 3 is 2.79 bits per heavy atom. The van der Waals surface area contributed by atoms with Crippen LogP contribution in [-0.2, 0) is 13.0 Å². The van der Waals surface area contributed by atoms with E-state index in [0.717, 1.165) is 23.9 Å². The van der Waals surface area contributed by atoms with Gasteiger partial charge in [-0.2, -0.15) is 0 Å². The van der Waals surface area contributed by atoms with Crippen molar-refractivity contribution in [2.75, 3.05) is 0 Å². The van der Waals surface area contributed by atoms with E-state index in [9.17, 15) is 4.39 Å². The van der Waals surface area contributed by atoms with Gasteiger partial charge in [-0.25, -0.2) is 4.39 Å². The molecule has 0 saturated heterocycles. The molecule has 19 heavy (non-hydrogen) atoms. The van der Waals surface area contributed by atoms with Crippen molar-refractivity contribution in [2.24, 2.45) is 0 Å². The highest BCUT2D eigenvalue weighted by atomic mass is 19.1. The van der Waals surface area contributed by atoms with Gasteiger partial charge in [-0.3, -0.25) is 0 Å². The lowest BCUT2D eigenvalue weighted by Crippen LogP contribution is -1.94. The Kier molecular flexibility index (Phi) is 2.10. The van der Waals surface area contributed by atoms with Crippen molar-refractivity contribution in [3.8, 4) is 11.3 Å². The van der Waals surface area contributed by atoms with Crippen molar-refractivity contribution in [3.63, 3.8) is 0 Å². The second-order valence-corrected chi connectivity index (χ2v) is 5.06. The molecular weight excluding hydrogens is 237 g/mol. The number of halogens is 1. The number of benzene rings is 2. The highest BCUT2D eigenvalue weighted by molar-refractivity contribution is 5.94. The van der Waals surface area contributed by atoms with E-state index in [1.165, 1.54) is 22.4 Å². The molecule has 1 aliphatic heterocycles. The number of hydrogen-bond donors (Lipinski definition) is 0. The van der Waals surface area contributed by atoms with E-state index < -0.39 is 0 Å². The van der Waals surface area contributed by atoms with Crippen molar-refractivity contribution in [1.29, 1.82) is 0 Å². The summed E-state index contributed by atoms with van der Waals surface area (Å²) in [7, 11) is 0. The Balaban J connectivity index is 2.18. The summed E-state index contributed by atoms with van der Waals surface area (Å²) in [6, 6.07) is 13.8. The van der Waals surface area contributed by atoms with Crippen LogP contribution >= 0.6 is 0 Å². The average molecular weight is 251 g/mol. The van der Waals surface area contributed by atoms with E-state index in [2.05, 4.69) is 35.8 Å². The Morgan fingerprint density at radius 2 is 1.95 bits per heavy atom. The van der Waals surface area contributed by atoms with Crippen LogP contribution in [0, 0.1) is 5.82 Å². The summed E-state index contributed by atoms with van der Waals surface area (Å²) in [5.41, 5.74) is 5.77. The fourth-order valence-electron chi connectivity index (χ4n) is 3.32. The zero-order valence-corrected chi connectivity index (χ0v) is 10.8. The topological polar surface area (TPSA) is 4.93 Å².